The van der Waals surface area contributed by atoms with E-state index in [9.17, 15) is 4.39 Å². The standard InChI is InChI=1S/C16H12FN3S.BrH/c17-14-8-6-13(7-9-14)15-11-21-16(19-15)20-18-10-12-4-2-1-3-5-12;/h1-11H,(H,19,20);1H. The average molecular weight is 378 g/mol. The van der Waals surface area contributed by atoms with Crippen LogP contribution >= 0.6 is 28.3 Å². The van der Waals surface area contributed by atoms with Gasteiger partial charge in [-0.3, -0.25) is 5.43 Å². The first kappa shape index (κ1) is 16.3. The Morgan fingerprint density at radius 2 is 1.77 bits per heavy atom. The summed E-state index contributed by atoms with van der Waals surface area (Å²) in [5.41, 5.74) is 5.60. The Bertz CT molecular complexity index is 742. The molecule has 0 bridgehead atoms. The lowest BCUT2D eigenvalue weighted by atomic mass is 10.2. The van der Waals surface area contributed by atoms with Crippen molar-refractivity contribution in [3.05, 3.63) is 71.4 Å². The maximum absolute atomic E-state index is 12.9. The van der Waals surface area contributed by atoms with Gasteiger partial charge in [0, 0.05) is 10.9 Å². The fraction of sp³-hybridized carbons (Fsp3) is 0. The lowest BCUT2D eigenvalue weighted by Gasteiger charge is -1.96. The zero-order valence-electron chi connectivity index (χ0n) is 11.4. The minimum Gasteiger partial charge on any atom is -0.253 e. The normalized spacial score (nSPS) is 10.4. The van der Waals surface area contributed by atoms with Gasteiger partial charge in [0.1, 0.15) is 5.82 Å². The number of hydrazone groups is 1. The Kier molecular flexibility index (Phi) is 5.80. The summed E-state index contributed by atoms with van der Waals surface area (Å²) in [5.74, 6) is -0.250. The topological polar surface area (TPSA) is 37.3 Å². The van der Waals surface area contributed by atoms with Crippen molar-refractivity contribution >= 4 is 39.7 Å². The monoisotopic (exact) mass is 377 g/mol. The molecule has 0 atom stereocenters. The summed E-state index contributed by atoms with van der Waals surface area (Å²) in [6.07, 6.45) is 1.74. The van der Waals surface area contributed by atoms with Crippen LogP contribution < -0.4 is 5.43 Å². The highest BCUT2D eigenvalue weighted by molar-refractivity contribution is 8.93. The molecular weight excluding hydrogens is 365 g/mol. The van der Waals surface area contributed by atoms with E-state index >= 15 is 0 Å². The number of hydrogen-bond acceptors (Lipinski definition) is 4. The van der Waals surface area contributed by atoms with Crippen LogP contribution in [-0.2, 0) is 0 Å². The zero-order chi connectivity index (χ0) is 14.5. The Morgan fingerprint density at radius 1 is 1.05 bits per heavy atom. The van der Waals surface area contributed by atoms with Crippen LogP contribution in [0.1, 0.15) is 5.56 Å². The largest absolute Gasteiger partial charge is 0.253 e. The molecule has 1 heterocycles. The number of thiazole rings is 1. The molecule has 3 rings (SSSR count). The molecular formula is C16H13BrFN3S. The zero-order valence-corrected chi connectivity index (χ0v) is 14.0. The molecule has 0 fully saturated rings. The quantitative estimate of drug-likeness (QED) is 0.514. The second-order valence-corrected chi connectivity index (χ2v) is 5.18. The number of halogens is 2. The van der Waals surface area contributed by atoms with Crippen LogP contribution in [0.4, 0.5) is 9.52 Å². The molecule has 0 saturated heterocycles. The first-order valence-electron chi connectivity index (χ1n) is 6.37. The van der Waals surface area contributed by atoms with Gasteiger partial charge in [0.25, 0.3) is 0 Å². The highest BCUT2D eigenvalue weighted by Gasteiger charge is 2.03. The van der Waals surface area contributed by atoms with Crippen molar-refractivity contribution in [1.29, 1.82) is 0 Å². The van der Waals surface area contributed by atoms with E-state index in [1.54, 1.807) is 18.3 Å². The third kappa shape index (κ3) is 4.22. The van der Waals surface area contributed by atoms with Crippen molar-refractivity contribution < 1.29 is 4.39 Å². The summed E-state index contributed by atoms with van der Waals surface area (Å²) in [4.78, 5) is 4.41. The van der Waals surface area contributed by atoms with E-state index in [4.69, 9.17) is 0 Å². The molecule has 0 aliphatic carbocycles. The number of nitrogens with zero attached hydrogens (tertiary/aromatic N) is 2. The van der Waals surface area contributed by atoms with Crippen molar-refractivity contribution in [2.75, 3.05) is 5.43 Å². The fourth-order valence-corrected chi connectivity index (χ4v) is 2.45. The van der Waals surface area contributed by atoms with Crippen molar-refractivity contribution in [2.45, 2.75) is 0 Å². The van der Waals surface area contributed by atoms with Crippen LogP contribution in [0.5, 0.6) is 0 Å². The van der Waals surface area contributed by atoms with Crippen LogP contribution in [0.2, 0.25) is 0 Å². The molecule has 0 aliphatic heterocycles. The van der Waals surface area contributed by atoms with Gasteiger partial charge in [0.2, 0.25) is 5.13 Å². The molecule has 6 heteroatoms. The summed E-state index contributed by atoms with van der Waals surface area (Å²) in [7, 11) is 0. The smallest absolute Gasteiger partial charge is 0.203 e. The van der Waals surface area contributed by atoms with E-state index in [1.807, 2.05) is 35.7 Å². The first-order chi connectivity index (χ1) is 10.3. The molecule has 0 spiro atoms. The van der Waals surface area contributed by atoms with Crippen LogP contribution in [0, 0.1) is 5.82 Å². The van der Waals surface area contributed by atoms with E-state index in [1.165, 1.54) is 23.5 Å². The van der Waals surface area contributed by atoms with Gasteiger partial charge in [-0.15, -0.1) is 28.3 Å². The van der Waals surface area contributed by atoms with Gasteiger partial charge in [-0.25, -0.2) is 9.37 Å². The molecule has 2 aromatic carbocycles. The van der Waals surface area contributed by atoms with Gasteiger partial charge in [-0.2, -0.15) is 5.10 Å². The third-order valence-corrected chi connectivity index (χ3v) is 3.56. The third-order valence-electron chi connectivity index (χ3n) is 2.82. The minimum absolute atomic E-state index is 0. The summed E-state index contributed by atoms with van der Waals surface area (Å²) in [5, 5.41) is 6.75. The second-order valence-electron chi connectivity index (χ2n) is 4.33. The summed E-state index contributed by atoms with van der Waals surface area (Å²) >= 11 is 1.45. The molecule has 0 radical (unpaired) electrons. The molecule has 0 aliphatic rings. The fourth-order valence-electron chi connectivity index (χ4n) is 1.78. The maximum atomic E-state index is 12.9. The highest BCUT2D eigenvalue weighted by Crippen LogP contribution is 2.24. The molecule has 3 nitrogen and oxygen atoms in total. The van der Waals surface area contributed by atoms with Gasteiger partial charge in [-0.1, -0.05) is 30.3 Å². The summed E-state index contributed by atoms with van der Waals surface area (Å²) < 4.78 is 12.9. The van der Waals surface area contributed by atoms with E-state index in [0.717, 1.165) is 16.8 Å². The van der Waals surface area contributed by atoms with Crippen molar-refractivity contribution in [2.24, 2.45) is 5.10 Å². The SMILES string of the molecule is Br.Fc1ccc(-c2csc(NN=Cc3ccccc3)n2)cc1. The minimum atomic E-state index is -0.250. The van der Waals surface area contributed by atoms with E-state index in [0.29, 0.717) is 5.13 Å². The van der Waals surface area contributed by atoms with Crippen molar-refractivity contribution in [3.8, 4) is 11.3 Å². The van der Waals surface area contributed by atoms with Crippen molar-refractivity contribution in [1.82, 2.24) is 4.98 Å². The van der Waals surface area contributed by atoms with Gasteiger partial charge in [0.05, 0.1) is 11.9 Å². The van der Waals surface area contributed by atoms with Crippen molar-refractivity contribution in [3.63, 3.8) is 0 Å². The average Bonchev–Trinajstić information content (AvgIpc) is 2.98. The van der Waals surface area contributed by atoms with Crippen LogP contribution in [0.3, 0.4) is 0 Å². The molecule has 112 valence electrons. The highest BCUT2D eigenvalue weighted by atomic mass is 79.9. The number of hydrogen-bond donors (Lipinski definition) is 1. The molecule has 3 aromatic rings. The molecule has 0 saturated carbocycles. The number of rotatable bonds is 4. The van der Waals surface area contributed by atoms with Gasteiger partial charge < -0.3 is 0 Å². The lowest BCUT2D eigenvalue weighted by molar-refractivity contribution is 0.628. The van der Waals surface area contributed by atoms with Gasteiger partial charge in [-0.05, 0) is 29.8 Å². The predicted octanol–water partition coefficient (Wildman–Crippen LogP) is 4.97. The number of anilines is 1. The summed E-state index contributed by atoms with van der Waals surface area (Å²) in [6.45, 7) is 0. The Hall–Kier alpha value is -2.05. The van der Waals surface area contributed by atoms with Gasteiger partial charge >= 0.3 is 0 Å². The molecule has 22 heavy (non-hydrogen) atoms. The number of nitrogens with one attached hydrogen (secondary N) is 1. The van der Waals surface area contributed by atoms with E-state index < -0.39 is 0 Å². The lowest BCUT2D eigenvalue weighted by Crippen LogP contribution is -1.89. The van der Waals surface area contributed by atoms with Crippen LogP contribution in [0.25, 0.3) is 11.3 Å². The molecule has 1 aromatic heterocycles. The predicted molar refractivity (Wildman–Crippen MR) is 95.5 cm³/mol. The Labute approximate surface area is 142 Å². The first-order valence-corrected chi connectivity index (χ1v) is 7.25. The maximum Gasteiger partial charge on any atom is 0.203 e. The molecule has 1 N–H and O–H groups in total. The summed E-state index contributed by atoms with van der Waals surface area (Å²) in [6, 6.07) is 16.1. The Morgan fingerprint density at radius 3 is 2.50 bits per heavy atom. The molecule has 0 unspecified atom stereocenters. The second kappa shape index (κ2) is 7.82. The van der Waals surface area contributed by atoms with E-state index in [2.05, 4.69) is 15.5 Å². The Balaban J connectivity index is 0.00000176. The van der Waals surface area contributed by atoms with Crippen LogP contribution in [-0.4, -0.2) is 11.2 Å². The van der Waals surface area contributed by atoms with Crippen LogP contribution in [0.15, 0.2) is 65.1 Å². The number of benzene rings is 2. The van der Waals surface area contributed by atoms with E-state index in [-0.39, 0.29) is 22.8 Å². The number of aromatic nitrogens is 1. The van der Waals surface area contributed by atoms with Gasteiger partial charge in [0.15, 0.2) is 0 Å². The molecule has 0 amide bonds.